The zero-order chi connectivity index (χ0) is 9.68. The molecule has 2 nitrogen and oxygen atoms in total. The Morgan fingerprint density at radius 1 is 1.54 bits per heavy atom. The van der Waals surface area contributed by atoms with Crippen molar-refractivity contribution >= 4 is 23.2 Å². The van der Waals surface area contributed by atoms with E-state index in [1.54, 1.807) is 0 Å². The van der Waals surface area contributed by atoms with Crippen molar-refractivity contribution in [1.29, 1.82) is 5.26 Å². The second kappa shape index (κ2) is 5.49. The summed E-state index contributed by atoms with van der Waals surface area (Å²) in [6.45, 7) is 2.60. The van der Waals surface area contributed by atoms with Gasteiger partial charge in [0.05, 0.1) is 6.07 Å². The van der Waals surface area contributed by atoms with Crippen LogP contribution in [0.15, 0.2) is 10.6 Å². The van der Waals surface area contributed by atoms with Crippen molar-refractivity contribution in [2.24, 2.45) is 5.92 Å². The predicted octanol–water partition coefficient (Wildman–Crippen LogP) is 2.54. The van der Waals surface area contributed by atoms with Crippen molar-refractivity contribution in [2.45, 2.75) is 12.8 Å². The average molecular weight is 219 g/mol. The number of hydrogen-bond donors (Lipinski definition) is 0. The van der Waals surface area contributed by atoms with Crippen LogP contribution in [0.5, 0.6) is 0 Å². The highest BCUT2D eigenvalue weighted by Gasteiger charge is 2.18. The van der Waals surface area contributed by atoms with Crippen molar-refractivity contribution in [3.8, 4) is 6.07 Å². The molecule has 0 unspecified atom stereocenters. The second-order valence-electron chi connectivity index (χ2n) is 3.24. The summed E-state index contributed by atoms with van der Waals surface area (Å²) in [6, 6.07) is 2.29. The number of rotatable bonds is 2. The lowest BCUT2D eigenvalue weighted by Gasteiger charge is -2.28. The Labute approximate surface area is 88.7 Å². The maximum atomic E-state index is 8.68. The molecule has 72 valence electrons. The lowest BCUT2D eigenvalue weighted by atomic mass is 9.99. The highest BCUT2D eigenvalue weighted by atomic mass is 35.5. The van der Waals surface area contributed by atoms with E-state index < -0.39 is 0 Å². The maximum Gasteiger partial charge on any atom is 0.0656 e. The molecule has 0 atom stereocenters. The van der Waals surface area contributed by atoms with E-state index in [4.69, 9.17) is 28.5 Å². The molecular formula is C9H12Cl2N2. The third kappa shape index (κ3) is 3.56. The molecule has 1 fully saturated rings. The number of nitrogens with zero attached hydrogens (tertiary/aromatic N) is 2. The fourth-order valence-electron chi connectivity index (χ4n) is 1.47. The molecule has 1 aliphatic rings. The van der Waals surface area contributed by atoms with Gasteiger partial charge in [0.15, 0.2) is 0 Å². The molecule has 0 aromatic rings. The first-order valence-corrected chi connectivity index (χ1v) is 5.14. The fraction of sp³-hybridized carbons (Fsp3) is 0.667. The monoisotopic (exact) mass is 218 g/mol. The van der Waals surface area contributed by atoms with Gasteiger partial charge < -0.3 is 0 Å². The molecule has 1 heterocycles. The van der Waals surface area contributed by atoms with Crippen molar-refractivity contribution in [1.82, 2.24) is 4.90 Å². The molecule has 1 rings (SSSR count). The van der Waals surface area contributed by atoms with Crippen LogP contribution in [0.1, 0.15) is 12.8 Å². The number of nitriles is 1. The number of piperidine rings is 1. The van der Waals surface area contributed by atoms with Crippen LogP contribution in [0.4, 0.5) is 0 Å². The minimum absolute atomic E-state index is 0.231. The van der Waals surface area contributed by atoms with E-state index in [0.29, 0.717) is 11.6 Å². The molecule has 0 spiro atoms. The van der Waals surface area contributed by atoms with E-state index >= 15 is 0 Å². The van der Waals surface area contributed by atoms with Crippen molar-refractivity contribution < 1.29 is 0 Å². The highest BCUT2D eigenvalue weighted by Crippen LogP contribution is 2.17. The van der Waals surface area contributed by atoms with Gasteiger partial charge in [-0.25, -0.2) is 0 Å². The molecule has 0 aromatic carbocycles. The van der Waals surface area contributed by atoms with Gasteiger partial charge in [0.2, 0.25) is 0 Å². The van der Waals surface area contributed by atoms with E-state index in [9.17, 15) is 0 Å². The summed E-state index contributed by atoms with van der Waals surface area (Å²) >= 11 is 11.2. The Bertz CT molecular complexity index is 224. The average Bonchev–Trinajstić information content (AvgIpc) is 2.19. The van der Waals surface area contributed by atoms with Crippen LogP contribution >= 0.6 is 23.2 Å². The molecular weight excluding hydrogens is 207 g/mol. The fourth-order valence-corrected chi connectivity index (χ4v) is 1.71. The normalized spacial score (nSPS) is 21.5. The summed E-state index contributed by atoms with van der Waals surface area (Å²) in [5, 5.41) is 9.34. The summed E-state index contributed by atoms with van der Waals surface area (Å²) < 4.78 is 0. The molecule has 0 N–H and O–H groups in total. The van der Waals surface area contributed by atoms with E-state index in [1.165, 1.54) is 5.54 Å². The molecule has 0 aliphatic carbocycles. The molecule has 0 amide bonds. The van der Waals surface area contributed by atoms with Crippen LogP contribution in [-0.2, 0) is 0 Å². The van der Waals surface area contributed by atoms with Crippen LogP contribution in [-0.4, -0.2) is 24.5 Å². The Morgan fingerprint density at radius 2 is 2.15 bits per heavy atom. The van der Waals surface area contributed by atoms with Crippen LogP contribution < -0.4 is 0 Å². The third-order valence-corrected chi connectivity index (χ3v) is 2.87. The SMILES string of the molecule is N#CC1CCN(CC(Cl)=CCl)CC1. The van der Waals surface area contributed by atoms with E-state index in [-0.39, 0.29) is 5.92 Å². The minimum Gasteiger partial charge on any atom is -0.298 e. The maximum absolute atomic E-state index is 8.68. The Hall–Kier alpha value is -0.230. The zero-order valence-electron chi connectivity index (χ0n) is 7.34. The van der Waals surface area contributed by atoms with Gasteiger partial charge in [-0.05, 0) is 25.9 Å². The standard InChI is InChI=1S/C9H12Cl2N2/c10-5-9(11)7-13-3-1-8(6-12)2-4-13/h5,8H,1-4,7H2. The van der Waals surface area contributed by atoms with Gasteiger partial charge in [0.1, 0.15) is 0 Å². The van der Waals surface area contributed by atoms with Gasteiger partial charge >= 0.3 is 0 Å². The van der Waals surface area contributed by atoms with E-state index in [0.717, 1.165) is 25.9 Å². The first kappa shape index (κ1) is 10.8. The van der Waals surface area contributed by atoms with Gasteiger partial charge in [0, 0.05) is 23.0 Å². The van der Waals surface area contributed by atoms with E-state index in [1.807, 2.05) is 0 Å². The highest BCUT2D eigenvalue weighted by molar-refractivity contribution is 6.36. The molecule has 13 heavy (non-hydrogen) atoms. The zero-order valence-corrected chi connectivity index (χ0v) is 8.85. The molecule has 4 heteroatoms. The van der Waals surface area contributed by atoms with Crippen LogP contribution in [0.2, 0.25) is 0 Å². The van der Waals surface area contributed by atoms with Gasteiger partial charge in [-0.15, -0.1) is 0 Å². The number of likely N-dealkylation sites (tertiary alicyclic amines) is 1. The summed E-state index contributed by atoms with van der Waals surface area (Å²) in [5.74, 6) is 0.231. The molecule has 1 aliphatic heterocycles. The predicted molar refractivity (Wildman–Crippen MR) is 54.6 cm³/mol. The van der Waals surface area contributed by atoms with Crippen LogP contribution in [0.25, 0.3) is 0 Å². The van der Waals surface area contributed by atoms with Crippen molar-refractivity contribution in [2.75, 3.05) is 19.6 Å². The lowest BCUT2D eigenvalue weighted by molar-refractivity contribution is 0.224. The topological polar surface area (TPSA) is 27.0 Å². The third-order valence-electron chi connectivity index (χ3n) is 2.26. The van der Waals surface area contributed by atoms with Gasteiger partial charge in [-0.3, -0.25) is 4.90 Å². The van der Waals surface area contributed by atoms with Crippen molar-refractivity contribution in [3.63, 3.8) is 0 Å². The minimum atomic E-state index is 0.231. The molecule has 1 saturated heterocycles. The van der Waals surface area contributed by atoms with Gasteiger partial charge in [-0.1, -0.05) is 23.2 Å². The largest absolute Gasteiger partial charge is 0.298 e. The lowest BCUT2D eigenvalue weighted by Crippen LogP contribution is -2.34. The van der Waals surface area contributed by atoms with Gasteiger partial charge in [0.25, 0.3) is 0 Å². The van der Waals surface area contributed by atoms with Crippen molar-refractivity contribution in [3.05, 3.63) is 10.6 Å². The summed E-state index contributed by atoms with van der Waals surface area (Å²) in [4.78, 5) is 2.22. The first-order valence-electron chi connectivity index (χ1n) is 4.33. The molecule has 0 radical (unpaired) electrons. The summed E-state index contributed by atoms with van der Waals surface area (Å²) in [5.41, 5.74) is 1.40. The Morgan fingerprint density at radius 3 is 2.62 bits per heavy atom. The Balaban J connectivity index is 2.30. The van der Waals surface area contributed by atoms with Crippen LogP contribution in [0, 0.1) is 17.2 Å². The number of halogens is 2. The summed E-state index contributed by atoms with van der Waals surface area (Å²) in [6.07, 6.45) is 1.89. The van der Waals surface area contributed by atoms with Gasteiger partial charge in [-0.2, -0.15) is 5.26 Å². The molecule has 0 saturated carbocycles. The molecule has 0 aromatic heterocycles. The van der Waals surface area contributed by atoms with E-state index in [2.05, 4.69) is 11.0 Å². The second-order valence-corrected chi connectivity index (χ2v) is 3.94. The first-order chi connectivity index (χ1) is 6.26. The Kier molecular flexibility index (Phi) is 4.58. The quantitative estimate of drug-likeness (QED) is 0.713. The summed E-state index contributed by atoms with van der Waals surface area (Å²) in [7, 11) is 0. The smallest absolute Gasteiger partial charge is 0.0656 e. The number of hydrogen-bond acceptors (Lipinski definition) is 2. The molecule has 0 bridgehead atoms. The van der Waals surface area contributed by atoms with Crippen LogP contribution in [0.3, 0.4) is 0 Å².